The lowest BCUT2D eigenvalue weighted by molar-refractivity contribution is -0.0500. The van der Waals surface area contributed by atoms with Gasteiger partial charge in [-0.25, -0.2) is 0 Å². The Morgan fingerprint density at radius 2 is 1.78 bits per heavy atom. The average Bonchev–Trinajstić information content (AvgIpc) is 2.63. The molecule has 5 nitrogen and oxygen atoms in total. The molecule has 1 heterocycles. The molecular formula is C8H4BrF3O5S. The van der Waals surface area contributed by atoms with E-state index >= 15 is 0 Å². The van der Waals surface area contributed by atoms with Gasteiger partial charge in [0.2, 0.25) is 6.79 Å². The van der Waals surface area contributed by atoms with E-state index in [4.69, 9.17) is 9.47 Å². The summed E-state index contributed by atoms with van der Waals surface area (Å²) in [5, 5.41) is 0. The summed E-state index contributed by atoms with van der Waals surface area (Å²) in [6.45, 7) is -0.1000. The molecule has 0 N–H and O–H groups in total. The van der Waals surface area contributed by atoms with E-state index in [9.17, 15) is 21.6 Å². The standard InChI is InChI=1S/C8H4BrF3O5S/c9-4-1-6-7(16-3-15-6)2-5(4)17-18(13,14)8(10,11)12/h1-2H,3H2. The molecule has 1 aliphatic heterocycles. The molecule has 0 spiro atoms. The number of rotatable bonds is 2. The molecule has 10 heteroatoms. The van der Waals surface area contributed by atoms with Gasteiger partial charge in [-0.15, -0.1) is 0 Å². The van der Waals surface area contributed by atoms with E-state index in [1.54, 1.807) is 0 Å². The Bertz CT molecular complexity index is 583. The second-order valence-corrected chi connectivity index (χ2v) is 5.51. The third-order valence-corrected chi connectivity index (χ3v) is 3.50. The number of benzene rings is 1. The smallest absolute Gasteiger partial charge is 0.454 e. The first kappa shape index (κ1) is 13.3. The maximum Gasteiger partial charge on any atom is 0.534 e. The van der Waals surface area contributed by atoms with Crippen LogP contribution >= 0.6 is 15.9 Å². The van der Waals surface area contributed by atoms with E-state index < -0.39 is 21.4 Å². The molecule has 0 unspecified atom stereocenters. The fourth-order valence-corrected chi connectivity index (χ4v) is 2.11. The minimum absolute atomic E-state index is 0.000394. The lowest BCUT2D eigenvalue weighted by Crippen LogP contribution is -2.28. The van der Waals surface area contributed by atoms with E-state index in [-0.39, 0.29) is 22.8 Å². The van der Waals surface area contributed by atoms with Gasteiger partial charge >= 0.3 is 15.6 Å². The maximum absolute atomic E-state index is 12.1. The summed E-state index contributed by atoms with van der Waals surface area (Å²) in [6, 6.07) is 2.25. The van der Waals surface area contributed by atoms with Crippen LogP contribution in [-0.4, -0.2) is 20.7 Å². The molecule has 18 heavy (non-hydrogen) atoms. The molecule has 0 atom stereocenters. The van der Waals surface area contributed by atoms with Crippen LogP contribution < -0.4 is 13.7 Å². The van der Waals surface area contributed by atoms with Crippen molar-refractivity contribution in [1.29, 1.82) is 0 Å². The number of halogens is 4. The van der Waals surface area contributed by atoms with Crippen molar-refractivity contribution in [2.75, 3.05) is 6.79 Å². The van der Waals surface area contributed by atoms with Crippen molar-refractivity contribution in [1.82, 2.24) is 0 Å². The SMILES string of the molecule is O=S(=O)(Oc1cc2c(cc1Br)OCO2)C(F)(F)F. The molecule has 0 bridgehead atoms. The van der Waals surface area contributed by atoms with Crippen molar-refractivity contribution in [2.24, 2.45) is 0 Å². The highest BCUT2D eigenvalue weighted by atomic mass is 79.9. The van der Waals surface area contributed by atoms with Gasteiger partial charge in [0.05, 0.1) is 4.47 Å². The predicted octanol–water partition coefficient (Wildman–Crippen LogP) is 2.41. The molecule has 0 saturated heterocycles. The van der Waals surface area contributed by atoms with E-state index in [1.165, 1.54) is 6.07 Å². The summed E-state index contributed by atoms with van der Waals surface area (Å²) in [5.41, 5.74) is -5.50. The molecule has 0 fully saturated rings. The van der Waals surface area contributed by atoms with Crippen LogP contribution in [0.4, 0.5) is 13.2 Å². The van der Waals surface area contributed by atoms with Crippen LogP contribution in [0.2, 0.25) is 0 Å². The summed E-state index contributed by atoms with van der Waals surface area (Å²) in [7, 11) is -5.72. The zero-order chi connectivity index (χ0) is 13.6. The maximum atomic E-state index is 12.1. The highest BCUT2D eigenvalue weighted by Crippen LogP contribution is 2.42. The number of hydrogen-bond donors (Lipinski definition) is 0. The third kappa shape index (κ3) is 2.34. The van der Waals surface area contributed by atoms with Crippen LogP contribution in [-0.2, 0) is 10.1 Å². The number of ether oxygens (including phenoxy) is 2. The number of fused-ring (bicyclic) bond motifs is 1. The molecule has 0 saturated carbocycles. The first-order valence-electron chi connectivity index (χ1n) is 4.30. The Morgan fingerprint density at radius 3 is 2.33 bits per heavy atom. The van der Waals surface area contributed by atoms with Gasteiger partial charge in [-0.05, 0) is 15.9 Å². The van der Waals surface area contributed by atoms with Crippen molar-refractivity contribution >= 4 is 26.0 Å². The Kier molecular flexibility index (Phi) is 3.09. The van der Waals surface area contributed by atoms with Gasteiger partial charge in [-0.2, -0.15) is 21.6 Å². The fourth-order valence-electron chi connectivity index (χ4n) is 1.13. The van der Waals surface area contributed by atoms with Crippen molar-refractivity contribution < 1.29 is 35.2 Å². The summed E-state index contributed by atoms with van der Waals surface area (Å²) < 4.78 is 71.9. The van der Waals surface area contributed by atoms with Crippen LogP contribution in [0.5, 0.6) is 17.2 Å². The summed E-state index contributed by atoms with van der Waals surface area (Å²) in [4.78, 5) is 0. The molecule has 0 amide bonds. The number of hydrogen-bond acceptors (Lipinski definition) is 5. The predicted molar refractivity (Wildman–Crippen MR) is 55.9 cm³/mol. The van der Waals surface area contributed by atoms with Crippen molar-refractivity contribution in [3.8, 4) is 17.2 Å². The van der Waals surface area contributed by atoms with E-state index in [1.807, 2.05) is 0 Å². The largest absolute Gasteiger partial charge is 0.534 e. The molecule has 2 rings (SSSR count). The highest BCUT2D eigenvalue weighted by Gasteiger charge is 2.48. The van der Waals surface area contributed by atoms with E-state index in [0.717, 1.165) is 6.07 Å². The Balaban J connectivity index is 2.37. The second kappa shape index (κ2) is 4.19. The van der Waals surface area contributed by atoms with Gasteiger partial charge in [0, 0.05) is 12.1 Å². The molecule has 0 aliphatic carbocycles. The van der Waals surface area contributed by atoms with Crippen LogP contribution in [0.25, 0.3) is 0 Å². The summed E-state index contributed by atoms with van der Waals surface area (Å²) >= 11 is 2.88. The highest BCUT2D eigenvalue weighted by molar-refractivity contribution is 9.10. The van der Waals surface area contributed by atoms with Gasteiger partial charge in [0.25, 0.3) is 0 Å². The van der Waals surface area contributed by atoms with Crippen molar-refractivity contribution in [3.05, 3.63) is 16.6 Å². The van der Waals surface area contributed by atoms with Crippen LogP contribution in [0, 0.1) is 0 Å². The molecule has 0 radical (unpaired) electrons. The molecule has 100 valence electrons. The Morgan fingerprint density at radius 1 is 1.22 bits per heavy atom. The average molecular weight is 349 g/mol. The minimum Gasteiger partial charge on any atom is -0.454 e. The minimum atomic E-state index is -5.72. The Labute approximate surface area is 108 Å². The van der Waals surface area contributed by atoms with Gasteiger partial charge in [0.15, 0.2) is 17.2 Å². The van der Waals surface area contributed by atoms with E-state index in [0.29, 0.717) is 0 Å². The van der Waals surface area contributed by atoms with Crippen LogP contribution in [0.3, 0.4) is 0 Å². The van der Waals surface area contributed by atoms with Crippen LogP contribution in [0.15, 0.2) is 16.6 Å². The normalized spacial score (nSPS) is 14.7. The zero-order valence-corrected chi connectivity index (χ0v) is 10.7. The Hall–Kier alpha value is -1.16. The van der Waals surface area contributed by atoms with Crippen LogP contribution in [0.1, 0.15) is 0 Å². The molecular weight excluding hydrogens is 345 g/mol. The fraction of sp³-hybridized carbons (Fsp3) is 0.250. The van der Waals surface area contributed by atoms with Crippen molar-refractivity contribution in [3.63, 3.8) is 0 Å². The van der Waals surface area contributed by atoms with Crippen molar-refractivity contribution in [2.45, 2.75) is 5.51 Å². The molecule has 1 aliphatic rings. The third-order valence-electron chi connectivity index (χ3n) is 1.91. The first-order valence-corrected chi connectivity index (χ1v) is 6.51. The lowest BCUT2D eigenvalue weighted by Gasteiger charge is -2.11. The topological polar surface area (TPSA) is 61.8 Å². The zero-order valence-electron chi connectivity index (χ0n) is 8.32. The van der Waals surface area contributed by atoms with Gasteiger partial charge in [-0.3, -0.25) is 0 Å². The summed E-state index contributed by atoms with van der Waals surface area (Å²) in [5.74, 6) is -0.152. The van der Waals surface area contributed by atoms with Gasteiger partial charge in [-0.1, -0.05) is 0 Å². The molecule has 1 aromatic rings. The van der Waals surface area contributed by atoms with E-state index in [2.05, 4.69) is 20.1 Å². The first-order chi connectivity index (χ1) is 8.21. The number of alkyl halides is 3. The summed E-state index contributed by atoms with van der Waals surface area (Å²) in [6.07, 6.45) is 0. The quantitative estimate of drug-likeness (QED) is 0.606. The lowest BCUT2D eigenvalue weighted by atomic mass is 10.3. The monoisotopic (exact) mass is 348 g/mol. The molecule has 1 aromatic carbocycles. The molecule has 0 aromatic heterocycles. The second-order valence-electron chi connectivity index (χ2n) is 3.12. The van der Waals surface area contributed by atoms with Gasteiger partial charge < -0.3 is 13.7 Å². The van der Waals surface area contributed by atoms with Gasteiger partial charge in [0.1, 0.15) is 0 Å².